The Morgan fingerprint density at radius 3 is 3.00 bits per heavy atom. The number of nitrogens with one attached hydrogen (secondary N) is 1. The van der Waals surface area contributed by atoms with E-state index in [1.54, 1.807) is 0 Å². The van der Waals surface area contributed by atoms with Gasteiger partial charge in [0.15, 0.2) is 0 Å². The first-order chi connectivity index (χ1) is 7.29. The standard InChI is InChI=1S/C11H19N3S/c1-12-8-10-4-5-13-9-11(10)14(2)6-7-15-3/h4-5,9,12H,6-8H2,1-3H3. The summed E-state index contributed by atoms with van der Waals surface area (Å²) in [7, 11) is 4.08. The molecule has 1 heterocycles. The third-order valence-electron chi connectivity index (χ3n) is 2.30. The monoisotopic (exact) mass is 225 g/mol. The highest BCUT2D eigenvalue weighted by Gasteiger charge is 2.05. The summed E-state index contributed by atoms with van der Waals surface area (Å²) in [5.74, 6) is 1.14. The van der Waals surface area contributed by atoms with Crippen LogP contribution in [0.25, 0.3) is 0 Å². The molecule has 0 atom stereocenters. The van der Waals surface area contributed by atoms with E-state index in [0.717, 1.165) is 18.8 Å². The van der Waals surface area contributed by atoms with Crippen LogP contribution in [0.15, 0.2) is 18.5 Å². The third kappa shape index (κ3) is 3.72. The largest absolute Gasteiger partial charge is 0.372 e. The van der Waals surface area contributed by atoms with Crippen molar-refractivity contribution in [2.75, 3.05) is 37.5 Å². The van der Waals surface area contributed by atoms with Crippen molar-refractivity contribution in [3.63, 3.8) is 0 Å². The summed E-state index contributed by atoms with van der Waals surface area (Å²) in [6, 6.07) is 2.07. The van der Waals surface area contributed by atoms with Crippen molar-refractivity contribution in [1.29, 1.82) is 0 Å². The van der Waals surface area contributed by atoms with E-state index in [0.29, 0.717) is 0 Å². The second kappa shape index (κ2) is 6.69. The minimum Gasteiger partial charge on any atom is -0.372 e. The number of hydrogen-bond donors (Lipinski definition) is 1. The van der Waals surface area contributed by atoms with Gasteiger partial charge in [0.05, 0.1) is 11.9 Å². The van der Waals surface area contributed by atoms with Crippen LogP contribution in [0.1, 0.15) is 5.56 Å². The van der Waals surface area contributed by atoms with Gasteiger partial charge in [-0.25, -0.2) is 0 Å². The van der Waals surface area contributed by atoms with Crippen molar-refractivity contribution in [2.24, 2.45) is 0 Å². The molecule has 1 rings (SSSR count). The van der Waals surface area contributed by atoms with Gasteiger partial charge in [0.1, 0.15) is 0 Å². The van der Waals surface area contributed by atoms with E-state index in [2.05, 4.69) is 34.6 Å². The average molecular weight is 225 g/mol. The van der Waals surface area contributed by atoms with Crippen LogP contribution >= 0.6 is 11.8 Å². The molecular weight excluding hydrogens is 206 g/mol. The van der Waals surface area contributed by atoms with Crippen LogP contribution in [0.4, 0.5) is 5.69 Å². The molecule has 0 aromatic carbocycles. The molecule has 1 aromatic heterocycles. The van der Waals surface area contributed by atoms with Gasteiger partial charge >= 0.3 is 0 Å². The Balaban J connectivity index is 2.72. The molecule has 0 spiro atoms. The Labute approximate surface area is 96.3 Å². The third-order valence-corrected chi connectivity index (χ3v) is 2.89. The topological polar surface area (TPSA) is 28.2 Å². The SMILES string of the molecule is CNCc1ccncc1N(C)CCSC. The molecule has 0 aliphatic heterocycles. The molecule has 0 saturated heterocycles. The first-order valence-electron chi connectivity index (χ1n) is 5.07. The number of hydrogen-bond acceptors (Lipinski definition) is 4. The maximum Gasteiger partial charge on any atom is 0.0596 e. The molecule has 0 unspecified atom stereocenters. The van der Waals surface area contributed by atoms with Gasteiger partial charge in [0.2, 0.25) is 0 Å². The normalized spacial score (nSPS) is 10.3. The van der Waals surface area contributed by atoms with Crippen molar-refractivity contribution >= 4 is 17.4 Å². The number of thioether (sulfide) groups is 1. The molecule has 1 N–H and O–H groups in total. The second-order valence-corrected chi connectivity index (χ2v) is 4.43. The summed E-state index contributed by atoms with van der Waals surface area (Å²) >= 11 is 1.87. The fourth-order valence-corrected chi connectivity index (χ4v) is 1.90. The summed E-state index contributed by atoms with van der Waals surface area (Å²) < 4.78 is 0. The summed E-state index contributed by atoms with van der Waals surface area (Å²) in [6.45, 7) is 1.95. The minimum atomic E-state index is 0.890. The molecule has 4 heteroatoms. The zero-order valence-electron chi connectivity index (χ0n) is 9.66. The van der Waals surface area contributed by atoms with Crippen molar-refractivity contribution in [3.8, 4) is 0 Å². The maximum atomic E-state index is 4.18. The summed E-state index contributed by atoms with van der Waals surface area (Å²) in [6.07, 6.45) is 5.91. The van der Waals surface area contributed by atoms with E-state index in [1.165, 1.54) is 11.3 Å². The molecule has 15 heavy (non-hydrogen) atoms. The van der Waals surface area contributed by atoms with E-state index in [1.807, 2.05) is 31.2 Å². The molecule has 84 valence electrons. The zero-order valence-corrected chi connectivity index (χ0v) is 10.5. The number of nitrogens with zero attached hydrogens (tertiary/aromatic N) is 2. The lowest BCUT2D eigenvalue weighted by atomic mass is 10.2. The molecule has 0 saturated carbocycles. The van der Waals surface area contributed by atoms with Gasteiger partial charge in [0, 0.05) is 32.1 Å². The molecule has 0 bridgehead atoms. The predicted octanol–water partition coefficient (Wildman–Crippen LogP) is 1.60. The van der Waals surface area contributed by atoms with Gasteiger partial charge in [-0.1, -0.05) is 0 Å². The smallest absolute Gasteiger partial charge is 0.0596 e. The molecule has 0 radical (unpaired) electrons. The van der Waals surface area contributed by atoms with Crippen LogP contribution in [0.2, 0.25) is 0 Å². The maximum absolute atomic E-state index is 4.18. The zero-order chi connectivity index (χ0) is 11.1. The Hall–Kier alpha value is -0.740. The van der Waals surface area contributed by atoms with E-state index < -0.39 is 0 Å². The summed E-state index contributed by atoms with van der Waals surface area (Å²) in [4.78, 5) is 6.44. The highest BCUT2D eigenvalue weighted by Crippen LogP contribution is 2.17. The number of aromatic nitrogens is 1. The Bertz CT molecular complexity index is 291. The Morgan fingerprint density at radius 1 is 1.53 bits per heavy atom. The van der Waals surface area contributed by atoms with Gasteiger partial charge < -0.3 is 10.2 Å². The lowest BCUT2D eigenvalue weighted by molar-refractivity contribution is 0.807. The van der Waals surface area contributed by atoms with Crippen molar-refractivity contribution in [2.45, 2.75) is 6.54 Å². The molecule has 1 aromatic rings. The van der Waals surface area contributed by atoms with Crippen LogP contribution < -0.4 is 10.2 Å². The van der Waals surface area contributed by atoms with Gasteiger partial charge in [-0.2, -0.15) is 11.8 Å². The number of rotatable bonds is 6. The quantitative estimate of drug-likeness (QED) is 0.796. The van der Waals surface area contributed by atoms with Crippen molar-refractivity contribution in [1.82, 2.24) is 10.3 Å². The number of anilines is 1. The second-order valence-electron chi connectivity index (χ2n) is 3.45. The fourth-order valence-electron chi connectivity index (χ4n) is 1.45. The average Bonchev–Trinajstić information content (AvgIpc) is 2.27. The first-order valence-corrected chi connectivity index (χ1v) is 6.46. The molecule has 0 fully saturated rings. The highest BCUT2D eigenvalue weighted by molar-refractivity contribution is 7.98. The minimum absolute atomic E-state index is 0.890. The van der Waals surface area contributed by atoms with E-state index in [9.17, 15) is 0 Å². The van der Waals surface area contributed by atoms with E-state index in [4.69, 9.17) is 0 Å². The Kier molecular flexibility index (Phi) is 5.50. The van der Waals surface area contributed by atoms with Gasteiger partial charge in [-0.15, -0.1) is 0 Å². The van der Waals surface area contributed by atoms with Gasteiger partial charge in [-0.3, -0.25) is 4.98 Å². The fraction of sp³-hybridized carbons (Fsp3) is 0.545. The molecule has 0 aliphatic rings. The Morgan fingerprint density at radius 2 is 2.33 bits per heavy atom. The van der Waals surface area contributed by atoms with Crippen LogP contribution in [0.3, 0.4) is 0 Å². The van der Waals surface area contributed by atoms with Crippen LogP contribution in [-0.4, -0.2) is 37.6 Å². The first kappa shape index (κ1) is 12.3. The number of pyridine rings is 1. The van der Waals surface area contributed by atoms with E-state index in [-0.39, 0.29) is 0 Å². The van der Waals surface area contributed by atoms with Crippen molar-refractivity contribution in [3.05, 3.63) is 24.0 Å². The highest BCUT2D eigenvalue weighted by atomic mass is 32.2. The molecule has 0 amide bonds. The summed E-state index contributed by atoms with van der Waals surface area (Å²) in [5, 5.41) is 3.18. The summed E-state index contributed by atoms with van der Waals surface area (Å²) in [5.41, 5.74) is 2.53. The van der Waals surface area contributed by atoms with Crippen LogP contribution in [-0.2, 0) is 6.54 Å². The lowest BCUT2D eigenvalue weighted by Gasteiger charge is -2.21. The van der Waals surface area contributed by atoms with Gasteiger partial charge in [-0.05, 0) is 24.9 Å². The van der Waals surface area contributed by atoms with E-state index >= 15 is 0 Å². The molecule has 3 nitrogen and oxygen atoms in total. The molecular formula is C11H19N3S. The lowest BCUT2D eigenvalue weighted by Crippen LogP contribution is -2.22. The van der Waals surface area contributed by atoms with Crippen LogP contribution in [0.5, 0.6) is 0 Å². The molecule has 0 aliphatic carbocycles. The predicted molar refractivity (Wildman–Crippen MR) is 68.7 cm³/mol. The van der Waals surface area contributed by atoms with Crippen molar-refractivity contribution < 1.29 is 0 Å². The van der Waals surface area contributed by atoms with Crippen LogP contribution in [0, 0.1) is 0 Å². The van der Waals surface area contributed by atoms with Gasteiger partial charge in [0.25, 0.3) is 0 Å².